The van der Waals surface area contributed by atoms with E-state index in [0.717, 1.165) is 12.3 Å². The molecule has 0 aliphatic heterocycles. The van der Waals surface area contributed by atoms with Crippen LogP contribution in [0.4, 0.5) is 0 Å². The van der Waals surface area contributed by atoms with E-state index in [-0.39, 0.29) is 5.41 Å². The molecule has 0 heteroatoms. The molecule has 1 aliphatic carbocycles. The van der Waals surface area contributed by atoms with Gasteiger partial charge >= 0.3 is 0 Å². The van der Waals surface area contributed by atoms with Crippen molar-refractivity contribution >= 4 is 0 Å². The molecule has 0 unspecified atom stereocenters. The Morgan fingerprint density at radius 1 is 1.22 bits per heavy atom. The Balaban J connectivity index is 2.11. The molecule has 0 N–H and O–H groups in total. The van der Waals surface area contributed by atoms with Crippen molar-refractivity contribution in [3.05, 3.63) is 48.0 Å². The zero-order valence-corrected chi connectivity index (χ0v) is 11.9. The van der Waals surface area contributed by atoms with Crippen LogP contribution in [0.1, 0.15) is 63.0 Å². The molecule has 0 radical (unpaired) electrons. The van der Waals surface area contributed by atoms with Crippen molar-refractivity contribution in [1.29, 1.82) is 0 Å². The molecule has 18 heavy (non-hydrogen) atoms. The first-order chi connectivity index (χ1) is 8.61. The molecule has 0 spiro atoms. The van der Waals surface area contributed by atoms with Crippen LogP contribution in [-0.4, -0.2) is 0 Å². The Bertz CT molecular complexity index is 394. The highest BCUT2D eigenvalue weighted by molar-refractivity contribution is 5.28. The van der Waals surface area contributed by atoms with E-state index in [2.05, 4.69) is 50.8 Å². The largest absolute Gasteiger partial charge is 0.103 e. The summed E-state index contributed by atoms with van der Waals surface area (Å²) in [6.07, 6.45) is 10.2. The first kappa shape index (κ1) is 13.4. The Morgan fingerprint density at radius 3 is 2.61 bits per heavy atom. The molecule has 1 aliphatic rings. The van der Waals surface area contributed by atoms with Gasteiger partial charge in [0, 0.05) is 0 Å². The number of benzene rings is 1. The van der Waals surface area contributed by atoms with Gasteiger partial charge in [0.25, 0.3) is 0 Å². The van der Waals surface area contributed by atoms with Crippen LogP contribution in [0.3, 0.4) is 0 Å². The van der Waals surface area contributed by atoms with Gasteiger partial charge in [0.2, 0.25) is 0 Å². The third kappa shape index (κ3) is 3.48. The molecule has 0 saturated heterocycles. The lowest BCUT2D eigenvalue weighted by Crippen LogP contribution is -2.11. The molecule has 98 valence electrons. The third-order valence-corrected chi connectivity index (χ3v) is 4.24. The van der Waals surface area contributed by atoms with Crippen LogP contribution in [0.2, 0.25) is 0 Å². The van der Waals surface area contributed by atoms with Gasteiger partial charge in [-0.05, 0) is 41.7 Å². The van der Waals surface area contributed by atoms with Crippen molar-refractivity contribution in [1.82, 2.24) is 0 Å². The SMILES string of the molecule is C=CC(C)(C)Cc1cccc(C2CCCCC2)c1. The van der Waals surface area contributed by atoms with E-state index >= 15 is 0 Å². The molecular formula is C18H26. The topological polar surface area (TPSA) is 0 Å². The van der Waals surface area contributed by atoms with Gasteiger partial charge in [-0.1, -0.05) is 63.5 Å². The van der Waals surface area contributed by atoms with Crippen molar-refractivity contribution in [3.8, 4) is 0 Å². The van der Waals surface area contributed by atoms with Gasteiger partial charge in [0.15, 0.2) is 0 Å². The second kappa shape index (κ2) is 5.73. The summed E-state index contributed by atoms with van der Waals surface area (Å²) in [6.45, 7) is 8.46. The lowest BCUT2D eigenvalue weighted by molar-refractivity contribution is 0.442. The van der Waals surface area contributed by atoms with Crippen molar-refractivity contribution in [3.63, 3.8) is 0 Å². The predicted molar refractivity (Wildman–Crippen MR) is 80.0 cm³/mol. The Hall–Kier alpha value is -1.04. The van der Waals surface area contributed by atoms with Gasteiger partial charge in [-0.25, -0.2) is 0 Å². The van der Waals surface area contributed by atoms with Crippen LogP contribution >= 0.6 is 0 Å². The fourth-order valence-electron chi connectivity index (χ4n) is 2.99. The number of allylic oxidation sites excluding steroid dienone is 1. The summed E-state index contributed by atoms with van der Waals surface area (Å²) in [5.74, 6) is 0.811. The highest BCUT2D eigenvalue weighted by atomic mass is 14.2. The summed E-state index contributed by atoms with van der Waals surface area (Å²) >= 11 is 0. The van der Waals surface area contributed by atoms with Gasteiger partial charge in [-0.3, -0.25) is 0 Å². The predicted octanol–water partition coefficient (Wildman–Crippen LogP) is 5.49. The van der Waals surface area contributed by atoms with Gasteiger partial charge in [-0.2, -0.15) is 0 Å². The Labute approximate surface area is 112 Å². The fourth-order valence-corrected chi connectivity index (χ4v) is 2.99. The monoisotopic (exact) mass is 242 g/mol. The highest BCUT2D eigenvalue weighted by Gasteiger charge is 2.17. The molecular weight excluding hydrogens is 216 g/mol. The molecule has 0 heterocycles. The van der Waals surface area contributed by atoms with Gasteiger partial charge in [-0.15, -0.1) is 6.58 Å². The summed E-state index contributed by atoms with van der Waals surface area (Å²) < 4.78 is 0. The maximum Gasteiger partial charge on any atom is -0.0137 e. The molecule has 0 bridgehead atoms. The number of hydrogen-bond donors (Lipinski definition) is 0. The molecule has 0 atom stereocenters. The summed E-state index contributed by atoms with van der Waals surface area (Å²) in [7, 11) is 0. The zero-order chi connectivity index (χ0) is 13.0. The first-order valence-electron chi connectivity index (χ1n) is 7.33. The molecule has 1 fully saturated rings. The van der Waals surface area contributed by atoms with Gasteiger partial charge < -0.3 is 0 Å². The standard InChI is InChI=1S/C18H26/c1-4-18(2,3)14-15-9-8-12-17(13-15)16-10-6-5-7-11-16/h4,8-9,12-13,16H,1,5-7,10-11,14H2,2-3H3. The molecule has 2 rings (SSSR count). The van der Waals surface area contributed by atoms with Crippen LogP contribution < -0.4 is 0 Å². The van der Waals surface area contributed by atoms with Crippen molar-refractivity contribution in [2.45, 2.75) is 58.3 Å². The molecule has 1 aromatic carbocycles. The van der Waals surface area contributed by atoms with Gasteiger partial charge in [0.1, 0.15) is 0 Å². The van der Waals surface area contributed by atoms with Crippen LogP contribution in [0.25, 0.3) is 0 Å². The first-order valence-corrected chi connectivity index (χ1v) is 7.33. The summed E-state index contributed by atoms with van der Waals surface area (Å²) in [5.41, 5.74) is 3.22. The quantitative estimate of drug-likeness (QED) is 0.612. The summed E-state index contributed by atoms with van der Waals surface area (Å²) in [6, 6.07) is 9.25. The Morgan fingerprint density at radius 2 is 1.94 bits per heavy atom. The number of rotatable bonds is 4. The van der Waals surface area contributed by atoms with Crippen LogP contribution in [0, 0.1) is 5.41 Å². The minimum absolute atomic E-state index is 0.200. The maximum atomic E-state index is 3.94. The lowest BCUT2D eigenvalue weighted by atomic mass is 9.81. The molecule has 1 saturated carbocycles. The maximum absolute atomic E-state index is 3.94. The average Bonchev–Trinajstić information content (AvgIpc) is 2.40. The van der Waals surface area contributed by atoms with Crippen LogP contribution in [-0.2, 0) is 6.42 Å². The fraction of sp³-hybridized carbons (Fsp3) is 0.556. The van der Waals surface area contributed by atoms with E-state index in [9.17, 15) is 0 Å². The minimum Gasteiger partial charge on any atom is -0.103 e. The van der Waals surface area contributed by atoms with Crippen molar-refractivity contribution in [2.24, 2.45) is 5.41 Å². The van der Waals surface area contributed by atoms with E-state index in [4.69, 9.17) is 0 Å². The molecule has 1 aromatic rings. The lowest BCUT2D eigenvalue weighted by Gasteiger charge is -2.24. The Kier molecular flexibility index (Phi) is 4.27. The molecule has 0 nitrogen and oxygen atoms in total. The normalized spacial score (nSPS) is 17.7. The third-order valence-electron chi connectivity index (χ3n) is 4.24. The van der Waals surface area contributed by atoms with Crippen LogP contribution in [0.15, 0.2) is 36.9 Å². The van der Waals surface area contributed by atoms with Gasteiger partial charge in [0.05, 0.1) is 0 Å². The van der Waals surface area contributed by atoms with Crippen molar-refractivity contribution in [2.75, 3.05) is 0 Å². The average molecular weight is 242 g/mol. The second-order valence-electron chi connectivity index (χ2n) is 6.45. The number of hydrogen-bond acceptors (Lipinski definition) is 0. The molecule has 0 aromatic heterocycles. The van der Waals surface area contributed by atoms with E-state index in [1.54, 1.807) is 5.56 Å². The smallest absolute Gasteiger partial charge is 0.0137 e. The van der Waals surface area contributed by atoms with Crippen LogP contribution in [0.5, 0.6) is 0 Å². The van der Waals surface area contributed by atoms with E-state index in [0.29, 0.717) is 0 Å². The van der Waals surface area contributed by atoms with E-state index in [1.165, 1.54) is 37.7 Å². The summed E-state index contributed by atoms with van der Waals surface area (Å²) in [5, 5.41) is 0. The van der Waals surface area contributed by atoms with E-state index in [1.807, 2.05) is 0 Å². The highest BCUT2D eigenvalue weighted by Crippen LogP contribution is 2.33. The minimum atomic E-state index is 0.200. The zero-order valence-electron chi connectivity index (χ0n) is 11.9. The summed E-state index contributed by atoms with van der Waals surface area (Å²) in [4.78, 5) is 0. The van der Waals surface area contributed by atoms with E-state index < -0.39 is 0 Å². The molecule has 0 amide bonds. The van der Waals surface area contributed by atoms with Crippen molar-refractivity contribution < 1.29 is 0 Å². The second-order valence-corrected chi connectivity index (χ2v) is 6.45.